The first kappa shape index (κ1) is 33.5. The summed E-state index contributed by atoms with van der Waals surface area (Å²) in [5, 5.41) is 8.85. The van der Waals surface area contributed by atoms with Crippen LogP contribution in [0.2, 0.25) is 0 Å². The van der Waals surface area contributed by atoms with Crippen molar-refractivity contribution in [2.45, 2.75) is 12.6 Å². The molecule has 0 radical (unpaired) electrons. The lowest BCUT2D eigenvalue weighted by Gasteiger charge is -2.25. The molecule has 7 aromatic rings. The smallest absolute Gasteiger partial charge is 0.281 e. The molecule has 1 atom stereocenters. The molecule has 2 aromatic heterocycles. The molecule has 0 aliphatic carbocycles. The van der Waals surface area contributed by atoms with Crippen molar-refractivity contribution in [1.82, 2.24) is 20.2 Å². The third kappa shape index (κ3) is 7.59. The number of hydrogen-bond acceptors (Lipinski definition) is 7. The second-order valence-corrected chi connectivity index (χ2v) is 13.6. The van der Waals surface area contributed by atoms with Gasteiger partial charge in [-0.15, -0.1) is 22.7 Å². The number of nitrogens with one attached hydrogen (secondary N) is 2. The van der Waals surface area contributed by atoms with Gasteiger partial charge >= 0.3 is 0 Å². The Morgan fingerprint density at radius 2 is 1.51 bits per heavy atom. The van der Waals surface area contributed by atoms with Crippen molar-refractivity contribution in [1.29, 1.82) is 0 Å². The normalized spacial score (nSPS) is 11.6. The fourth-order valence-corrected chi connectivity index (χ4v) is 7.34. The monoisotopic (exact) mass is 711 g/mol. The van der Waals surface area contributed by atoms with E-state index in [-0.39, 0.29) is 29.2 Å². The molecule has 0 unspecified atom stereocenters. The predicted molar refractivity (Wildman–Crippen MR) is 200 cm³/mol. The van der Waals surface area contributed by atoms with Gasteiger partial charge in [0.1, 0.15) is 16.9 Å². The van der Waals surface area contributed by atoms with E-state index in [2.05, 4.69) is 15.6 Å². The number of fused-ring (bicyclic) bond motifs is 1. The summed E-state index contributed by atoms with van der Waals surface area (Å²) in [6.45, 7) is 0.233. The van der Waals surface area contributed by atoms with Gasteiger partial charge in [0.15, 0.2) is 5.01 Å². The van der Waals surface area contributed by atoms with E-state index < -0.39 is 11.9 Å². The Kier molecular flexibility index (Phi) is 9.73. The Morgan fingerprint density at radius 3 is 2.27 bits per heavy atom. The average molecular weight is 712 g/mol. The fourth-order valence-electron chi connectivity index (χ4n) is 5.60. The Bertz CT molecular complexity index is 2340. The van der Waals surface area contributed by atoms with Crippen LogP contribution in [0.25, 0.3) is 32.0 Å². The second-order valence-electron chi connectivity index (χ2n) is 11.7. The van der Waals surface area contributed by atoms with Crippen LogP contribution in [0.4, 0.5) is 10.1 Å². The summed E-state index contributed by atoms with van der Waals surface area (Å²) in [5.74, 6) is -1.50. The van der Waals surface area contributed by atoms with Gasteiger partial charge in [0.2, 0.25) is 5.91 Å². The molecular weight excluding hydrogens is 682 g/mol. The van der Waals surface area contributed by atoms with Gasteiger partial charge in [-0.1, -0.05) is 91.0 Å². The van der Waals surface area contributed by atoms with Crippen molar-refractivity contribution in [2.75, 3.05) is 12.4 Å². The Balaban J connectivity index is 1.08. The number of anilines is 1. The van der Waals surface area contributed by atoms with Crippen LogP contribution in [0.15, 0.2) is 133 Å². The molecule has 0 aliphatic heterocycles. The maximum Gasteiger partial charge on any atom is 0.281 e. The van der Waals surface area contributed by atoms with E-state index in [1.807, 2.05) is 60.0 Å². The third-order valence-corrected chi connectivity index (χ3v) is 10.1. The topological polar surface area (TPSA) is 104 Å². The van der Waals surface area contributed by atoms with Gasteiger partial charge < -0.3 is 15.5 Å². The van der Waals surface area contributed by atoms with Gasteiger partial charge in [-0.25, -0.2) is 14.4 Å². The maximum atomic E-state index is 13.7. The molecule has 7 rings (SSSR count). The molecule has 252 valence electrons. The van der Waals surface area contributed by atoms with Crippen LogP contribution in [0.1, 0.15) is 37.3 Å². The quantitative estimate of drug-likeness (QED) is 0.148. The lowest BCUT2D eigenvalue weighted by molar-refractivity contribution is -0.132. The fraction of sp³-hybridized carbons (Fsp3) is 0.0750. The van der Waals surface area contributed by atoms with Gasteiger partial charge in [-0.3, -0.25) is 14.4 Å². The zero-order valence-electron chi connectivity index (χ0n) is 27.2. The molecule has 0 fully saturated rings. The number of halogens is 1. The minimum absolute atomic E-state index is 0.173. The number of nitrogens with zero attached hydrogens (tertiary/aromatic N) is 3. The first-order valence-electron chi connectivity index (χ1n) is 16.0. The van der Waals surface area contributed by atoms with Crippen LogP contribution in [0.3, 0.4) is 0 Å². The van der Waals surface area contributed by atoms with Crippen LogP contribution in [0.5, 0.6) is 0 Å². The van der Waals surface area contributed by atoms with Gasteiger partial charge in [0.25, 0.3) is 11.8 Å². The van der Waals surface area contributed by atoms with Crippen LogP contribution in [-0.2, 0) is 11.3 Å². The highest BCUT2D eigenvalue weighted by Crippen LogP contribution is 2.32. The predicted octanol–water partition coefficient (Wildman–Crippen LogP) is 8.61. The number of rotatable bonds is 10. The molecule has 11 heteroatoms. The summed E-state index contributed by atoms with van der Waals surface area (Å²) in [6.07, 6.45) is 0. The van der Waals surface area contributed by atoms with Crippen LogP contribution < -0.4 is 10.6 Å². The molecule has 0 saturated carbocycles. The number of carbonyl (C=O) groups is 3. The van der Waals surface area contributed by atoms with Crippen LogP contribution >= 0.6 is 22.7 Å². The summed E-state index contributed by atoms with van der Waals surface area (Å²) in [4.78, 5) is 51.7. The molecule has 0 saturated heterocycles. The van der Waals surface area contributed by atoms with Crippen molar-refractivity contribution in [3.63, 3.8) is 0 Å². The lowest BCUT2D eigenvalue weighted by Crippen LogP contribution is -2.41. The average Bonchev–Trinajstić information content (AvgIpc) is 3.83. The summed E-state index contributed by atoms with van der Waals surface area (Å²) in [7, 11) is 1.64. The highest BCUT2D eigenvalue weighted by Gasteiger charge is 2.27. The zero-order chi connectivity index (χ0) is 35.3. The molecule has 8 nitrogen and oxygen atoms in total. The molecule has 0 spiro atoms. The molecule has 3 amide bonds. The van der Waals surface area contributed by atoms with E-state index >= 15 is 0 Å². The van der Waals surface area contributed by atoms with E-state index in [1.165, 1.54) is 28.4 Å². The molecule has 2 heterocycles. The van der Waals surface area contributed by atoms with Gasteiger partial charge in [0.05, 0.1) is 15.9 Å². The Labute approximate surface area is 301 Å². The molecular formula is C40H30FN5O3S2. The minimum Gasteiger partial charge on any atom is -0.339 e. The highest BCUT2D eigenvalue weighted by molar-refractivity contribution is 7.20. The molecule has 0 aliphatic rings. The van der Waals surface area contributed by atoms with Gasteiger partial charge in [0, 0.05) is 41.4 Å². The first-order chi connectivity index (χ1) is 24.8. The van der Waals surface area contributed by atoms with Crippen molar-refractivity contribution < 1.29 is 18.8 Å². The van der Waals surface area contributed by atoms with Crippen molar-refractivity contribution in [3.05, 3.63) is 160 Å². The number of thiazole rings is 2. The van der Waals surface area contributed by atoms with Crippen molar-refractivity contribution in [3.8, 4) is 21.8 Å². The summed E-state index contributed by atoms with van der Waals surface area (Å²) in [6, 6.07) is 36.4. The number of likely N-dealkylation sites (N-methyl/N-ethyl adjacent to an activating group) is 1. The van der Waals surface area contributed by atoms with E-state index in [0.29, 0.717) is 32.7 Å². The summed E-state index contributed by atoms with van der Waals surface area (Å²) >= 11 is 2.68. The van der Waals surface area contributed by atoms with E-state index in [4.69, 9.17) is 4.98 Å². The summed E-state index contributed by atoms with van der Waals surface area (Å²) < 4.78 is 14.1. The second kappa shape index (κ2) is 14.8. The van der Waals surface area contributed by atoms with E-state index in [0.717, 1.165) is 33.0 Å². The maximum absolute atomic E-state index is 13.7. The molecule has 2 N–H and O–H groups in total. The molecule has 0 bridgehead atoms. The van der Waals surface area contributed by atoms with Gasteiger partial charge in [-0.05, 0) is 47.5 Å². The first-order valence-corrected chi connectivity index (χ1v) is 17.7. The highest BCUT2D eigenvalue weighted by atomic mass is 32.1. The summed E-state index contributed by atoms with van der Waals surface area (Å²) in [5.41, 5.74) is 5.41. The number of aromatic nitrogens is 2. The van der Waals surface area contributed by atoms with Crippen LogP contribution in [-0.4, -0.2) is 39.6 Å². The lowest BCUT2D eigenvalue weighted by atomic mass is 10.0. The van der Waals surface area contributed by atoms with E-state index in [1.54, 1.807) is 67.7 Å². The van der Waals surface area contributed by atoms with Crippen LogP contribution in [0, 0.1) is 5.82 Å². The Hall–Kier alpha value is -6.04. The van der Waals surface area contributed by atoms with Crippen molar-refractivity contribution >= 4 is 56.3 Å². The standard InChI is InChI=1S/C40H30FN5O3S2/c1-46(23-25-16-18-28(41)19-17-25)40(49)35(26-10-4-2-5-11-26)45-37(48)39-43-32-21-20-29(22-34(32)51-39)42-36(47)31-15-9-8-14-30(31)33-24-50-38(44-33)27-12-6-3-7-13-27/h2-22,24,35H,23H2,1H3,(H,42,47)(H,45,48)/t35-/m0/s1. The van der Waals surface area contributed by atoms with E-state index in [9.17, 15) is 18.8 Å². The third-order valence-electron chi connectivity index (χ3n) is 8.18. The molecule has 51 heavy (non-hydrogen) atoms. The zero-order valence-corrected chi connectivity index (χ0v) is 28.9. The largest absolute Gasteiger partial charge is 0.339 e. The molecule has 5 aromatic carbocycles. The number of amides is 3. The number of hydrogen-bond donors (Lipinski definition) is 2. The minimum atomic E-state index is -0.979. The SMILES string of the molecule is CN(Cc1ccc(F)cc1)C(=O)[C@@H](NC(=O)c1nc2ccc(NC(=O)c3ccccc3-c3csc(-c4ccccc4)n3)cc2s1)c1ccccc1. The Morgan fingerprint density at radius 1 is 0.804 bits per heavy atom. The van der Waals surface area contributed by atoms with Crippen molar-refractivity contribution in [2.24, 2.45) is 0 Å². The number of benzene rings is 5. The van der Waals surface area contributed by atoms with Gasteiger partial charge in [-0.2, -0.15) is 0 Å². The number of carbonyl (C=O) groups excluding carboxylic acids is 3.